The van der Waals surface area contributed by atoms with Crippen molar-refractivity contribution in [2.75, 3.05) is 33.1 Å². The van der Waals surface area contributed by atoms with Gasteiger partial charge < -0.3 is 29.1 Å². The maximum Gasteiger partial charge on any atom is 0.327 e. The van der Waals surface area contributed by atoms with Crippen molar-refractivity contribution in [1.82, 2.24) is 9.80 Å². The molecule has 3 aliphatic rings. The predicted octanol–water partition coefficient (Wildman–Crippen LogP) is 4.64. The van der Waals surface area contributed by atoms with Gasteiger partial charge in [0.15, 0.2) is 17.3 Å². The lowest BCUT2D eigenvalue weighted by Crippen LogP contribution is -2.52. The second-order valence-corrected chi connectivity index (χ2v) is 11.3. The van der Waals surface area contributed by atoms with Crippen LogP contribution in [0.2, 0.25) is 0 Å². The minimum absolute atomic E-state index is 0.0697. The van der Waals surface area contributed by atoms with Gasteiger partial charge in [0.25, 0.3) is 0 Å². The highest BCUT2D eigenvalue weighted by Crippen LogP contribution is 2.54. The molecule has 1 N–H and O–H groups in total. The molecule has 3 aromatic rings. The Balaban J connectivity index is 1.58. The number of urea groups is 1. The number of hydrogen-bond acceptors (Lipinski definition) is 7. The van der Waals surface area contributed by atoms with Gasteiger partial charge in [0.2, 0.25) is 6.79 Å². The number of morpholine rings is 1. The Bertz CT molecular complexity index is 1460. The first kappa shape index (κ1) is 26.3. The van der Waals surface area contributed by atoms with Crippen molar-refractivity contribution >= 4 is 29.1 Å². The topological polar surface area (TPSA) is 106 Å². The van der Waals surface area contributed by atoms with Crippen molar-refractivity contribution in [3.05, 3.63) is 81.0 Å². The van der Waals surface area contributed by atoms with E-state index in [0.29, 0.717) is 48.9 Å². The van der Waals surface area contributed by atoms with Crippen molar-refractivity contribution in [2.24, 2.45) is 5.92 Å². The quantitative estimate of drug-likeness (QED) is 0.452. The Morgan fingerprint density at radius 3 is 2.40 bits per heavy atom. The summed E-state index contributed by atoms with van der Waals surface area (Å²) in [5.41, 5.74) is 2.83. The van der Waals surface area contributed by atoms with Crippen molar-refractivity contribution in [1.29, 1.82) is 0 Å². The number of aliphatic carboxylic acids is 1. The number of Topliss-reactive ketones (excluding diaryl/α,β-unsaturated/α-hetero) is 1. The predicted molar refractivity (Wildman–Crippen MR) is 147 cm³/mol. The van der Waals surface area contributed by atoms with Gasteiger partial charge in [-0.1, -0.05) is 30.3 Å². The third-order valence-corrected chi connectivity index (χ3v) is 9.20. The molecule has 6 rings (SSSR count). The number of benzene rings is 2. The molecule has 2 fully saturated rings. The fraction of sp³-hybridized carbons (Fsp3) is 0.367. The van der Waals surface area contributed by atoms with E-state index < -0.39 is 35.9 Å². The summed E-state index contributed by atoms with van der Waals surface area (Å²) in [7, 11) is 0. The lowest BCUT2D eigenvalue weighted by Gasteiger charge is -2.36. The summed E-state index contributed by atoms with van der Waals surface area (Å²) in [5.74, 6) is -1.89. The van der Waals surface area contributed by atoms with E-state index >= 15 is 0 Å². The molecule has 0 saturated carbocycles. The highest BCUT2D eigenvalue weighted by atomic mass is 32.1. The van der Waals surface area contributed by atoms with Crippen LogP contribution in [0.4, 0.5) is 4.79 Å². The third-order valence-electron chi connectivity index (χ3n) is 8.08. The van der Waals surface area contributed by atoms with Gasteiger partial charge >= 0.3 is 12.0 Å². The minimum atomic E-state index is -1.26. The molecular formula is C30H30N2O7S. The molecule has 4 unspecified atom stereocenters. The van der Waals surface area contributed by atoms with Gasteiger partial charge in [-0.3, -0.25) is 4.79 Å². The molecule has 1 aromatic heterocycles. The number of aryl methyl sites for hydroxylation is 2. The first-order valence-corrected chi connectivity index (χ1v) is 14.2. The molecule has 40 heavy (non-hydrogen) atoms. The number of carbonyl (C=O) groups excluding carboxylic acids is 2. The Morgan fingerprint density at radius 2 is 1.70 bits per heavy atom. The van der Waals surface area contributed by atoms with Crippen molar-refractivity contribution in [2.45, 2.75) is 31.8 Å². The lowest BCUT2D eigenvalue weighted by molar-refractivity contribution is -0.142. The van der Waals surface area contributed by atoms with Crippen molar-refractivity contribution < 1.29 is 33.7 Å². The van der Waals surface area contributed by atoms with E-state index in [-0.39, 0.29) is 12.6 Å². The van der Waals surface area contributed by atoms with Crippen LogP contribution in [0.15, 0.2) is 53.9 Å². The first-order valence-electron chi connectivity index (χ1n) is 13.3. The second-order valence-electron chi connectivity index (χ2n) is 10.3. The smallest absolute Gasteiger partial charge is 0.327 e. The van der Waals surface area contributed by atoms with Gasteiger partial charge in [-0.15, -0.1) is 11.3 Å². The van der Waals surface area contributed by atoms with Gasteiger partial charge in [0.1, 0.15) is 6.04 Å². The number of thiophene rings is 1. The number of hydrogen-bond donors (Lipinski definition) is 1. The number of rotatable bonds is 5. The summed E-state index contributed by atoms with van der Waals surface area (Å²) < 4.78 is 16.6. The number of nitrogens with zero attached hydrogens (tertiary/aromatic N) is 2. The van der Waals surface area contributed by atoms with Crippen LogP contribution < -0.4 is 9.47 Å². The van der Waals surface area contributed by atoms with Gasteiger partial charge in [0, 0.05) is 29.4 Å². The molecule has 0 bridgehead atoms. The number of likely N-dealkylation sites (tertiary alicyclic amines) is 1. The maximum atomic E-state index is 14.6. The summed E-state index contributed by atoms with van der Waals surface area (Å²) in [5, 5.41) is 12.7. The van der Waals surface area contributed by atoms with E-state index in [0.717, 1.165) is 16.0 Å². The molecule has 208 valence electrons. The average molecular weight is 563 g/mol. The molecular weight excluding hydrogens is 532 g/mol. The standard InChI is InChI=1S/C30H30N2O7S/c1-17-5-3-4-6-20(17)27(33)23-24(28-18(2)9-14-40-28)26(29(34)35)32(30(36)31-10-12-37-13-11-31)25(23)19-7-8-21-22(15-19)39-16-38-21/h3-9,14-15,23-26H,10-13,16H2,1-2H3,(H,34,35). The molecule has 4 atom stereocenters. The zero-order valence-electron chi connectivity index (χ0n) is 22.2. The van der Waals surface area contributed by atoms with Crippen molar-refractivity contribution in [3.63, 3.8) is 0 Å². The molecule has 9 nitrogen and oxygen atoms in total. The Morgan fingerprint density at radius 1 is 0.950 bits per heavy atom. The minimum Gasteiger partial charge on any atom is -0.480 e. The number of carboxylic acids is 1. The van der Waals surface area contributed by atoms with Crippen molar-refractivity contribution in [3.8, 4) is 11.5 Å². The van der Waals surface area contributed by atoms with Crippen LogP contribution in [0, 0.1) is 19.8 Å². The lowest BCUT2D eigenvalue weighted by atomic mass is 9.77. The number of ether oxygens (including phenoxy) is 3. The van der Waals surface area contributed by atoms with Crippen LogP contribution in [0.3, 0.4) is 0 Å². The normalized spacial score (nSPS) is 23.9. The molecule has 4 heterocycles. The monoisotopic (exact) mass is 562 g/mol. The van der Waals surface area contributed by atoms with Gasteiger partial charge in [-0.25, -0.2) is 9.59 Å². The third kappa shape index (κ3) is 4.41. The van der Waals surface area contributed by atoms with Crippen LogP contribution in [0.25, 0.3) is 0 Å². The van der Waals surface area contributed by atoms with Gasteiger partial charge in [-0.05, 0) is 54.1 Å². The molecule has 0 spiro atoms. The molecule has 3 aliphatic heterocycles. The summed E-state index contributed by atoms with van der Waals surface area (Å²) in [6.45, 7) is 5.27. The van der Waals surface area contributed by atoms with Gasteiger partial charge in [-0.2, -0.15) is 0 Å². The van der Waals surface area contributed by atoms with E-state index in [4.69, 9.17) is 14.2 Å². The molecule has 2 aromatic carbocycles. The second kappa shape index (κ2) is 10.6. The fourth-order valence-electron chi connectivity index (χ4n) is 6.17. The number of carboxylic acid groups (broad SMARTS) is 1. The van der Waals surface area contributed by atoms with Crippen LogP contribution in [-0.4, -0.2) is 71.8 Å². The summed E-state index contributed by atoms with van der Waals surface area (Å²) in [6, 6.07) is 12.0. The van der Waals surface area contributed by atoms with Crippen LogP contribution in [0.5, 0.6) is 11.5 Å². The van der Waals surface area contributed by atoms with Crippen LogP contribution in [-0.2, 0) is 9.53 Å². The fourth-order valence-corrected chi connectivity index (χ4v) is 7.28. The van der Waals surface area contributed by atoms with E-state index in [1.807, 2.05) is 43.5 Å². The summed E-state index contributed by atoms with van der Waals surface area (Å²) in [4.78, 5) is 45.9. The number of carbonyl (C=O) groups is 3. The number of fused-ring (bicyclic) bond motifs is 1. The van der Waals surface area contributed by atoms with Crippen LogP contribution in [0.1, 0.15) is 43.9 Å². The highest BCUT2D eigenvalue weighted by molar-refractivity contribution is 7.10. The summed E-state index contributed by atoms with van der Waals surface area (Å²) >= 11 is 1.42. The van der Waals surface area contributed by atoms with E-state index in [2.05, 4.69) is 0 Å². The van der Waals surface area contributed by atoms with E-state index in [1.54, 1.807) is 29.2 Å². The Hall–Kier alpha value is -3.89. The number of ketones is 1. The zero-order valence-corrected chi connectivity index (χ0v) is 23.1. The number of amides is 2. The molecule has 2 amide bonds. The molecule has 2 saturated heterocycles. The first-order chi connectivity index (χ1) is 19.4. The average Bonchev–Trinajstić information content (AvgIpc) is 3.69. The molecule has 0 aliphatic carbocycles. The highest BCUT2D eigenvalue weighted by Gasteiger charge is 2.59. The largest absolute Gasteiger partial charge is 0.480 e. The van der Waals surface area contributed by atoms with Gasteiger partial charge in [0.05, 0.1) is 25.2 Å². The maximum absolute atomic E-state index is 14.6. The molecule has 0 radical (unpaired) electrons. The Kier molecular flexibility index (Phi) is 6.97. The SMILES string of the molecule is Cc1ccccc1C(=O)C1C(c2sccc2C)C(C(=O)O)N(C(=O)N2CCOCC2)C1c1ccc2c(c1)OCO2. The zero-order chi connectivity index (χ0) is 28.0. The summed E-state index contributed by atoms with van der Waals surface area (Å²) in [6.07, 6.45) is 0. The Labute approximate surface area is 235 Å². The van der Waals surface area contributed by atoms with E-state index in [1.165, 1.54) is 16.2 Å². The van der Waals surface area contributed by atoms with E-state index in [9.17, 15) is 19.5 Å². The van der Waals surface area contributed by atoms with Crippen LogP contribution >= 0.6 is 11.3 Å². The molecule has 10 heteroatoms.